The summed E-state index contributed by atoms with van der Waals surface area (Å²) in [5.41, 5.74) is 3.30. The largest absolute Gasteiger partial charge is 0.487 e. The molecule has 0 bridgehead atoms. The third kappa shape index (κ3) is 6.70. The number of hydrogen-bond donors (Lipinski definition) is 2. The fourth-order valence-corrected chi connectivity index (χ4v) is 5.00. The number of aliphatic carboxylic acids is 1. The molecule has 0 amide bonds. The number of aromatic nitrogens is 2. The number of carboxylic acid groups (broad SMARTS) is 1. The van der Waals surface area contributed by atoms with E-state index in [-0.39, 0.29) is 24.8 Å². The summed E-state index contributed by atoms with van der Waals surface area (Å²) in [6, 6.07) is 29.4. The Kier molecular flexibility index (Phi) is 8.28. The van der Waals surface area contributed by atoms with Crippen LogP contribution in [-0.2, 0) is 18.0 Å². The molecule has 6 aromatic rings. The summed E-state index contributed by atoms with van der Waals surface area (Å²) in [6.45, 7) is 0.340. The highest BCUT2D eigenvalue weighted by molar-refractivity contribution is 6.38. The van der Waals surface area contributed by atoms with Crippen molar-refractivity contribution in [2.24, 2.45) is 5.16 Å². The Morgan fingerprint density at radius 2 is 1.11 bits per heavy atom. The van der Waals surface area contributed by atoms with Crippen molar-refractivity contribution in [2.45, 2.75) is 19.1 Å². The van der Waals surface area contributed by atoms with Gasteiger partial charge in [-0.1, -0.05) is 41.6 Å². The maximum atomic E-state index is 13.5. The molecule has 0 saturated carbocycles. The number of nitrogens with zero attached hydrogens (tertiary/aromatic N) is 3. The van der Waals surface area contributed by atoms with Crippen LogP contribution < -0.4 is 9.47 Å². The number of carbonyl (C=O) groups is 1. The number of benzene rings is 4. The van der Waals surface area contributed by atoms with Gasteiger partial charge in [-0.15, -0.1) is 0 Å². The Hall–Kier alpha value is -5.90. The molecule has 45 heavy (non-hydrogen) atoms. The minimum atomic E-state index is -1.37. The lowest BCUT2D eigenvalue weighted by molar-refractivity contribution is -0.129. The van der Waals surface area contributed by atoms with Gasteiger partial charge in [0.05, 0.1) is 28.3 Å². The maximum absolute atomic E-state index is 13.5. The minimum Gasteiger partial charge on any atom is -0.487 e. The SMILES string of the molecule is O=C(O)/C(=N\O)C(c1ccc(OCc2ccc3cc(F)ccc3n2)cc1)c1ccc(OCc2ccc3cc(F)ccc3n2)cc1. The molecule has 0 fully saturated rings. The molecule has 0 radical (unpaired) electrons. The summed E-state index contributed by atoms with van der Waals surface area (Å²) in [5.74, 6) is -1.88. The van der Waals surface area contributed by atoms with Crippen molar-refractivity contribution in [3.63, 3.8) is 0 Å². The van der Waals surface area contributed by atoms with E-state index in [1.807, 2.05) is 0 Å². The van der Waals surface area contributed by atoms with Crippen LogP contribution in [-0.4, -0.2) is 32.0 Å². The molecule has 0 atom stereocenters. The number of oxime groups is 1. The number of halogens is 2. The first-order valence-corrected chi connectivity index (χ1v) is 13.9. The molecule has 0 unspecified atom stereocenters. The van der Waals surface area contributed by atoms with Crippen molar-refractivity contribution >= 4 is 33.5 Å². The third-order valence-electron chi connectivity index (χ3n) is 7.22. The van der Waals surface area contributed by atoms with Crippen LogP contribution in [0.15, 0.2) is 114 Å². The highest BCUT2D eigenvalue weighted by atomic mass is 19.1. The van der Waals surface area contributed by atoms with Gasteiger partial charge in [0.2, 0.25) is 0 Å². The van der Waals surface area contributed by atoms with Gasteiger partial charge >= 0.3 is 5.97 Å². The zero-order chi connectivity index (χ0) is 31.3. The number of carboxylic acids is 1. The molecule has 2 aromatic heterocycles. The molecule has 8 nitrogen and oxygen atoms in total. The zero-order valence-corrected chi connectivity index (χ0v) is 23.6. The number of ether oxygens (including phenoxy) is 2. The summed E-state index contributed by atoms with van der Waals surface area (Å²) < 4.78 is 38.7. The fraction of sp³-hybridized carbons (Fsp3) is 0.0857. The van der Waals surface area contributed by atoms with Gasteiger partial charge in [-0.3, -0.25) is 0 Å². The smallest absolute Gasteiger partial charge is 0.354 e. The van der Waals surface area contributed by atoms with Gasteiger partial charge in [0.25, 0.3) is 0 Å². The lowest BCUT2D eigenvalue weighted by Gasteiger charge is -2.18. The summed E-state index contributed by atoms with van der Waals surface area (Å²) in [4.78, 5) is 21.0. The Morgan fingerprint density at radius 1 is 0.667 bits per heavy atom. The van der Waals surface area contributed by atoms with E-state index in [2.05, 4.69) is 15.1 Å². The van der Waals surface area contributed by atoms with Crippen LogP contribution in [0.3, 0.4) is 0 Å². The molecule has 2 heterocycles. The highest BCUT2D eigenvalue weighted by Crippen LogP contribution is 2.30. The second-order valence-electron chi connectivity index (χ2n) is 10.2. The van der Waals surface area contributed by atoms with Gasteiger partial charge in [-0.25, -0.2) is 23.5 Å². The van der Waals surface area contributed by atoms with Crippen LogP contribution in [0.5, 0.6) is 11.5 Å². The third-order valence-corrected chi connectivity index (χ3v) is 7.22. The van der Waals surface area contributed by atoms with Gasteiger partial charge in [0.1, 0.15) is 36.3 Å². The molecular formula is C35H25F2N3O5. The molecular weight excluding hydrogens is 580 g/mol. The Labute approximate surface area is 255 Å². The molecule has 0 aliphatic heterocycles. The fourth-order valence-electron chi connectivity index (χ4n) is 5.00. The molecule has 224 valence electrons. The molecule has 6 rings (SSSR count). The average Bonchev–Trinajstić information content (AvgIpc) is 3.05. The molecule has 2 N–H and O–H groups in total. The zero-order valence-electron chi connectivity index (χ0n) is 23.6. The Balaban J connectivity index is 1.16. The van der Waals surface area contributed by atoms with Gasteiger partial charge in [0, 0.05) is 10.8 Å². The maximum Gasteiger partial charge on any atom is 0.354 e. The van der Waals surface area contributed by atoms with Crippen molar-refractivity contribution in [1.29, 1.82) is 0 Å². The molecule has 0 spiro atoms. The van der Waals surface area contributed by atoms with Crippen LogP contribution >= 0.6 is 0 Å². The first-order valence-electron chi connectivity index (χ1n) is 13.9. The summed E-state index contributed by atoms with van der Waals surface area (Å²) in [6.07, 6.45) is 0. The lowest BCUT2D eigenvalue weighted by atomic mass is 9.87. The Morgan fingerprint density at radius 3 is 1.51 bits per heavy atom. The van der Waals surface area contributed by atoms with Crippen molar-refractivity contribution < 1.29 is 33.4 Å². The monoisotopic (exact) mass is 605 g/mol. The van der Waals surface area contributed by atoms with E-state index in [9.17, 15) is 23.9 Å². The standard InChI is InChI=1S/C35H25F2N3O5/c36-25-7-15-31-23(17-25)1-9-27(38-31)19-44-29-11-3-21(4-12-29)33(34(40-43)35(41)42)22-5-13-30(14-6-22)45-20-28-10-2-24-18-26(37)8-16-32(24)39-28/h1-18,33,43H,19-20H2,(H,41,42)/b40-34-. The molecule has 0 saturated heterocycles. The van der Waals surface area contributed by atoms with E-state index in [1.165, 1.54) is 24.3 Å². The van der Waals surface area contributed by atoms with Crippen LogP contribution in [0, 0.1) is 11.6 Å². The van der Waals surface area contributed by atoms with Crippen molar-refractivity contribution in [1.82, 2.24) is 9.97 Å². The predicted octanol–water partition coefficient (Wildman–Crippen LogP) is 7.27. The summed E-state index contributed by atoms with van der Waals surface area (Å²) in [5, 5.41) is 23.9. The molecule has 4 aromatic carbocycles. The van der Waals surface area contributed by atoms with E-state index in [0.717, 1.165) is 0 Å². The van der Waals surface area contributed by atoms with E-state index in [1.54, 1.807) is 84.9 Å². The van der Waals surface area contributed by atoms with Gasteiger partial charge in [0.15, 0.2) is 5.71 Å². The van der Waals surface area contributed by atoms with Crippen molar-refractivity contribution in [3.8, 4) is 11.5 Å². The van der Waals surface area contributed by atoms with Crippen molar-refractivity contribution in [2.75, 3.05) is 0 Å². The van der Waals surface area contributed by atoms with E-state index in [0.29, 0.717) is 55.8 Å². The van der Waals surface area contributed by atoms with Crippen LogP contribution in [0.25, 0.3) is 21.8 Å². The van der Waals surface area contributed by atoms with E-state index in [4.69, 9.17) is 9.47 Å². The average molecular weight is 606 g/mol. The first-order chi connectivity index (χ1) is 21.9. The van der Waals surface area contributed by atoms with Gasteiger partial charge in [-0.05, 0) is 83.9 Å². The van der Waals surface area contributed by atoms with Crippen LogP contribution in [0.4, 0.5) is 8.78 Å². The second kappa shape index (κ2) is 12.8. The lowest BCUT2D eigenvalue weighted by Crippen LogP contribution is -2.23. The predicted molar refractivity (Wildman–Crippen MR) is 164 cm³/mol. The quantitative estimate of drug-likeness (QED) is 0.0959. The molecule has 0 aliphatic rings. The number of hydrogen-bond acceptors (Lipinski definition) is 7. The second-order valence-corrected chi connectivity index (χ2v) is 10.2. The highest BCUT2D eigenvalue weighted by Gasteiger charge is 2.27. The van der Waals surface area contributed by atoms with E-state index >= 15 is 0 Å². The van der Waals surface area contributed by atoms with Gasteiger partial charge in [-0.2, -0.15) is 0 Å². The number of fused-ring (bicyclic) bond motifs is 2. The van der Waals surface area contributed by atoms with E-state index < -0.39 is 17.6 Å². The van der Waals surface area contributed by atoms with Crippen molar-refractivity contribution in [3.05, 3.63) is 143 Å². The number of pyridine rings is 2. The topological polar surface area (TPSA) is 114 Å². The van der Waals surface area contributed by atoms with Crippen LogP contribution in [0.2, 0.25) is 0 Å². The summed E-state index contributed by atoms with van der Waals surface area (Å²) in [7, 11) is 0. The minimum absolute atomic E-state index is 0.170. The number of rotatable bonds is 10. The van der Waals surface area contributed by atoms with Gasteiger partial charge < -0.3 is 19.8 Å². The first kappa shape index (κ1) is 29.2. The van der Waals surface area contributed by atoms with Crippen LogP contribution in [0.1, 0.15) is 28.4 Å². The molecule has 10 heteroatoms. The summed E-state index contributed by atoms with van der Waals surface area (Å²) >= 11 is 0. The normalized spacial score (nSPS) is 11.7. The molecule has 0 aliphatic carbocycles. The Bertz CT molecular complexity index is 1900.